The molecule has 1 aromatic carbocycles. The van der Waals surface area contributed by atoms with Crippen molar-refractivity contribution < 1.29 is 4.79 Å². The van der Waals surface area contributed by atoms with Gasteiger partial charge in [-0.2, -0.15) is 5.26 Å². The number of carbonyl (C=O) groups is 1. The maximum Gasteiger partial charge on any atom is 0.231 e. The number of amides is 1. The van der Waals surface area contributed by atoms with Crippen molar-refractivity contribution in [3.05, 3.63) is 28.8 Å². The van der Waals surface area contributed by atoms with Gasteiger partial charge in [0.25, 0.3) is 0 Å². The first-order valence-corrected chi connectivity index (χ1v) is 6.70. The number of halogens is 1. The topological polar surface area (TPSA) is 78.9 Å². The molecule has 1 aliphatic carbocycles. The second kappa shape index (κ2) is 5.60. The van der Waals surface area contributed by atoms with E-state index in [1.807, 2.05) is 6.07 Å². The molecule has 0 aliphatic heterocycles. The van der Waals surface area contributed by atoms with Crippen LogP contribution in [-0.4, -0.2) is 12.5 Å². The van der Waals surface area contributed by atoms with Crippen molar-refractivity contribution in [3.8, 4) is 6.07 Å². The summed E-state index contributed by atoms with van der Waals surface area (Å²) in [7, 11) is 0. The maximum absolute atomic E-state index is 12.3. The van der Waals surface area contributed by atoms with E-state index < -0.39 is 5.41 Å². The third kappa shape index (κ3) is 2.73. The highest BCUT2D eigenvalue weighted by molar-refractivity contribution is 6.32. The molecule has 5 heteroatoms. The minimum absolute atomic E-state index is 0.0479. The molecular formula is C14H16ClN3O. The van der Waals surface area contributed by atoms with Crippen LogP contribution in [-0.2, 0) is 4.79 Å². The zero-order valence-corrected chi connectivity index (χ0v) is 11.3. The van der Waals surface area contributed by atoms with Crippen molar-refractivity contribution in [1.82, 2.24) is 0 Å². The molecule has 0 heterocycles. The number of nitriles is 1. The minimum atomic E-state index is -0.444. The van der Waals surface area contributed by atoms with E-state index in [0.717, 1.165) is 25.7 Å². The Morgan fingerprint density at radius 2 is 2.16 bits per heavy atom. The predicted molar refractivity (Wildman–Crippen MR) is 74.8 cm³/mol. The zero-order chi connectivity index (χ0) is 13.9. The molecular weight excluding hydrogens is 262 g/mol. The maximum atomic E-state index is 12.3. The highest BCUT2D eigenvalue weighted by Crippen LogP contribution is 2.38. The number of carbonyl (C=O) groups excluding carboxylic acids is 1. The molecule has 19 heavy (non-hydrogen) atoms. The van der Waals surface area contributed by atoms with Crippen LogP contribution in [0.4, 0.5) is 5.69 Å². The van der Waals surface area contributed by atoms with Gasteiger partial charge >= 0.3 is 0 Å². The average molecular weight is 278 g/mol. The van der Waals surface area contributed by atoms with Crippen LogP contribution in [0.2, 0.25) is 5.02 Å². The van der Waals surface area contributed by atoms with Gasteiger partial charge in [-0.15, -0.1) is 0 Å². The van der Waals surface area contributed by atoms with Crippen LogP contribution in [0.5, 0.6) is 0 Å². The van der Waals surface area contributed by atoms with E-state index in [4.69, 9.17) is 22.6 Å². The van der Waals surface area contributed by atoms with Crippen LogP contribution in [0.1, 0.15) is 31.2 Å². The van der Waals surface area contributed by atoms with Crippen LogP contribution in [0.15, 0.2) is 18.2 Å². The van der Waals surface area contributed by atoms with Crippen molar-refractivity contribution in [3.63, 3.8) is 0 Å². The molecule has 1 amide bonds. The highest BCUT2D eigenvalue weighted by atomic mass is 35.5. The fourth-order valence-electron chi connectivity index (χ4n) is 2.52. The van der Waals surface area contributed by atoms with Crippen LogP contribution in [0.3, 0.4) is 0 Å². The van der Waals surface area contributed by atoms with E-state index in [0.29, 0.717) is 22.8 Å². The van der Waals surface area contributed by atoms with Crippen molar-refractivity contribution >= 4 is 23.2 Å². The summed E-state index contributed by atoms with van der Waals surface area (Å²) in [4.78, 5) is 12.3. The average Bonchev–Trinajstić information content (AvgIpc) is 2.89. The van der Waals surface area contributed by atoms with E-state index >= 15 is 0 Å². The van der Waals surface area contributed by atoms with E-state index in [9.17, 15) is 4.79 Å². The SMILES string of the molecule is N#Cc1ccc(NC(=O)C2(CN)CCCC2)cc1Cl. The number of nitrogens with two attached hydrogens (primary N) is 1. The number of hydrogen-bond donors (Lipinski definition) is 2. The molecule has 3 N–H and O–H groups in total. The van der Waals surface area contributed by atoms with E-state index in [2.05, 4.69) is 5.32 Å². The summed E-state index contributed by atoms with van der Waals surface area (Å²) >= 11 is 5.94. The van der Waals surface area contributed by atoms with Gasteiger partial charge < -0.3 is 11.1 Å². The number of nitrogens with zero attached hydrogens (tertiary/aromatic N) is 1. The number of anilines is 1. The molecule has 0 atom stereocenters. The van der Waals surface area contributed by atoms with Gasteiger partial charge in [0.15, 0.2) is 0 Å². The number of rotatable bonds is 3. The second-order valence-corrected chi connectivity index (χ2v) is 5.36. The van der Waals surface area contributed by atoms with Gasteiger partial charge in [0.2, 0.25) is 5.91 Å². The Morgan fingerprint density at radius 1 is 1.47 bits per heavy atom. The molecule has 1 aromatic rings. The summed E-state index contributed by atoms with van der Waals surface area (Å²) in [5.74, 6) is -0.0479. The lowest BCUT2D eigenvalue weighted by molar-refractivity contribution is -0.124. The van der Waals surface area contributed by atoms with Crippen molar-refractivity contribution in [2.24, 2.45) is 11.1 Å². The molecule has 100 valence electrons. The molecule has 1 saturated carbocycles. The predicted octanol–water partition coefficient (Wildman–Crippen LogP) is 2.67. The quantitative estimate of drug-likeness (QED) is 0.891. The minimum Gasteiger partial charge on any atom is -0.329 e. The zero-order valence-electron chi connectivity index (χ0n) is 10.6. The first-order chi connectivity index (χ1) is 9.11. The number of nitrogens with one attached hydrogen (secondary N) is 1. The van der Waals surface area contributed by atoms with Crippen LogP contribution >= 0.6 is 11.6 Å². The molecule has 2 rings (SSSR count). The lowest BCUT2D eigenvalue weighted by Gasteiger charge is -2.25. The Morgan fingerprint density at radius 3 is 2.68 bits per heavy atom. The summed E-state index contributed by atoms with van der Waals surface area (Å²) in [6, 6.07) is 6.86. The van der Waals surface area contributed by atoms with Crippen LogP contribution in [0.25, 0.3) is 0 Å². The largest absolute Gasteiger partial charge is 0.329 e. The van der Waals surface area contributed by atoms with Gasteiger partial charge in [-0.05, 0) is 31.0 Å². The summed E-state index contributed by atoms with van der Waals surface area (Å²) in [6.07, 6.45) is 3.75. The van der Waals surface area contributed by atoms with Crippen LogP contribution in [0, 0.1) is 16.7 Å². The molecule has 1 aliphatic rings. The summed E-state index contributed by atoms with van der Waals surface area (Å²) in [5.41, 5.74) is 6.33. The molecule has 0 radical (unpaired) electrons. The van der Waals surface area contributed by atoms with Gasteiger partial charge in [-0.25, -0.2) is 0 Å². The normalized spacial score (nSPS) is 16.9. The van der Waals surface area contributed by atoms with E-state index in [1.54, 1.807) is 18.2 Å². The Kier molecular flexibility index (Phi) is 4.08. The van der Waals surface area contributed by atoms with E-state index in [-0.39, 0.29) is 5.91 Å². The lowest BCUT2D eigenvalue weighted by atomic mass is 9.85. The Bertz CT molecular complexity index is 530. The third-order valence-electron chi connectivity index (χ3n) is 3.78. The molecule has 0 saturated heterocycles. The summed E-state index contributed by atoms with van der Waals surface area (Å²) in [6.45, 7) is 0.364. The van der Waals surface area contributed by atoms with Gasteiger partial charge in [-0.1, -0.05) is 24.4 Å². The molecule has 0 unspecified atom stereocenters. The summed E-state index contributed by atoms with van der Waals surface area (Å²) < 4.78 is 0. The third-order valence-corrected chi connectivity index (χ3v) is 4.09. The van der Waals surface area contributed by atoms with Gasteiger partial charge in [0.05, 0.1) is 16.0 Å². The number of benzene rings is 1. The number of hydrogen-bond acceptors (Lipinski definition) is 3. The van der Waals surface area contributed by atoms with Crippen molar-refractivity contribution in [1.29, 1.82) is 5.26 Å². The highest BCUT2D eigenvalue weighted by Gasteiger charge is 2.39. The Hall–Kier alpha value is -1.57. The van der Waals surface area contributed by atoms with E-state index in [1.165, 1.54) is 0 Å². The molecule has 0 spiro atoms. The first-order valence-electron chi connectivity index (χ1n) is 6.32. The van der Waals surface area contributed by atoms with Gasteiger partial charge in [0, 0.05) is 12.2 Å². The Labute approximate surface area is 117 Å². The monoisotopic (exact) mass is 277 g/mol. The first kappa shape index (κ1) is 13.9. The molecule has 1 fully saturated rings. The molecule has 4 nitrogen and oxygen atoms in total. The summed E-state index contributed by atoms with van der Waals surface area (Å²) in [5, 5.41) is 12.0. The fourth-order valence-corrected chi connectivity index (χ4v) is 2.75. The van der Waals surface area contributed by atoms with Crippen molar-refractivity contribution in [2.75, 3.05) is 11.9 Å². The fraction of sp³-hybridized carbons (Fsp3) is 0.429. The smallest absolute Gasteiger partial charge is 0.231 e. The second-order valence-electron chi connectivity index (χ2n) is 4.95. The van der Waals surface area contributed by atoms with Crippen molar-refractivity contribution in [2.45, 2.75) is 25.7 Å². The molecule has 0 aromatic heterocycles. The Balaban J connectivity index is 2.15. The van der Waals surface area contributed by atoms with Gasteiger partial charge in [0.1, 0.15) is 6.07 Å². The van der Waals surface area contributed by atoms with Gasteiger partial charge in [-0.3, -0.25) is 4.79 Å². The van der Waals surface area contributed by atoms with Crippen LogP contribution < -0.4 is 11.1 Å². The molecule has 0 bridgehead atoms. The lowest BCUT2D eigenvalue weighted by Crippen LogP contribution is -2.40. The standard InChI is InChI=1S/C14H16ClN3O/c15-12-7-11(4-3-10(12)8-16)18-13(19)14(9-17)5-1-2-6-14/h3-4,7H,1-2,5-6,9,17H2,(H,18,19).